The molecule has 2 nitrogen and oxygen atoms in total. The Balaban J connectivity index is 0.985. The average Bonchev–Trinajstić information content (AvgIpc) is 1.51. The molecule has 0 spiro atoms. The summed E-state index contributed by atoms with van der Waals surface area (Å²) in [6.45, 7) is 28.3. The molecular formula is C94H76N2. The standard InChI is InChI=1S/C94H76N2/c1-91(2,3)57-37-53(38-58(45-57)92(4,5)6)55-41-81-77-47-73-69-33-21-17-29-65(69)61-25-13-15-27-63(61)67-31-19-23-35-71(67)75(73)49-85(77)95-87-52-80-84-44-56(54-39-59(93(7,8)9)46-60(40-54)94(10,11)12)42-82-78-48-74-70-34-22-18-30-66(70)62-26-14-16-28-64(62)68-32-20-24-36-72(68)76(74)50-86(78)96(90(82)84)88(80)51-79(87)83(43-55)89(81)95/h13-52H,1-12H3. The summed E-state index contributed by atoms with van der Waals surface area (Å²) in [5, 5.41) is 10.1. The molecule has 0 radical (unpaired) electrons. The van der Waals surface area contributed by atoms with Crippen molar-refractivity contribution in [2.45, 2.75) is 105 Å². The quantitative estimate of drug-likeness (QED) is 0.163. The molecular weight excluding hydrogens is 1160 g/mol. The Morgan fingerprint density at radius 3 is 0.594 bits per heavy atom. The fourth-order valence-corrected chi connectivity index (χ4v) is 16.9. The van der Waals surface area contributed by atoms with Crippen LogP contribution < -0.4 is 0 Å². The van der Waals surface area contributed by atoms with Gasteiger partial charge in [-0.3, -0.25) is 0 Å². The molecule has 17 aromatic rings. The molecule has 0 bridgehead atoms. The Hall–Kier alpha value is -10.5. The zero-order valence-electron chi connectivity index (χ0n) is 57.0. The zero-order valence-corrected chi connectivity index (χ0v) is 57.0. The van der Waals surface area contributed by atoms with Gasteiger partial charge in [0, 0.05) is 43.1 Å². The van der Waals surface area contributed by atoms with Gasteiger partial charge in [0.05, 0.1) is 33.1 Å². The maximum atomic E-state index is 2.66. The Morgan fingerprint density at radius 1 is 0.177 bits per heavy atom. The second kappa shape index (κ2) is 19.6. The first kappa shape index (κ1) is 57.0. The minimum Gasteiger partial charge on any atom is -0.308 e. The maximum absolute atomic E-state index is 2.66. The van der Waals surface area contributed by atoms with Crippen LogP contribution in [-0.4, -0.2) is 8.80 Å². The molecule has 2 aliphatic rings. The van der Waals surface area contributed by atoms with Crippen LogP contribution in [0.15, 0.2) is 243 Å². The van der Waals surface area contributed by atoms with Gasteiger partial charge >= 0.3 is 0 Å². The highest BCUT2D eigenvalue weighted by Crippen LogP contribution is 2.55. The molecule has 0 amide bonds. The number of benzene rings is 13. The van der Waals surface area contributed by atoms with Gasteiger partial charge in [0.15, 0.2) is 0 Å². The Labute approximate surface area is 562 Å². The summed E-state index contributed by atoms with van der Waals surface area (Å²) in [5.41, 5.74) is 37.6. The molecule has 462 valence electrons. The molecule has 0 aliphatic heterocycles. The topological polar surface area (TPSA) is 8.82 Å². The van der Waals surface area contributed by atoms with Gasteiger partial charge in [0.2, 0.25) is 0 Å². The predicted octanol–water partition coefficient (Wildman–Crippen LogP) is 26.5. The van der Waals surface area contributed by atoms with Crippen LogP contribution in [-0.2, 0) is 21.7 Å². The minimum atomic E-state index is -0.0593. The van der Waals surface area contributed by atoms with Crippen molar-refractivity contribution >= 4 is 76.2 Å². The van der Waals surface area contributed by atoms with E-state index in [9.17, 15) is 0 Å². The van der Waals surface area contributed by atoms with Crippen molar-refractivity contribution in [1.82, 2.24) is 8.80 Å². The fourth-order valence-electron chi connectivity index (χ4n) is 16.9. The predicted molar refractivity (Wildman–Crippen MR) is 412 cm³/mol. The lowest BCUT2D eigenvalue weighted by atomic mass is 9.78. The van der Waals surface area contributed by atoms with Gasteiger partial charge in [0.25, 0.3) is 0 Å². The Kier molecular flexibility index (Phi) is 11.6. The van der Waals surface area contributed by atoms with E-state index >= 15 is 0 Å². The van der Waals surface area contributed by atoms with Gasteiger partial charge in [0.1, 0.15) is 0 Å². The van der Waals surface area contributed by atoms with Gasteiger partial charge in [-0.25, -0.2) is 0 Å². The summed E-state index contributed by atoms with van der Waals surface area (Å²) >= 11 is 0. The molecule has 96 heavy (non-hydrogen) atoms. The zero-order chi connectivity index (χ0) is 65.4. The second-order valence-electron chi connectivity index (χ2n) is 32.1. The van der Waals surface area contributed by atoms with Crippen LogP contribution in [0, 0.1) is 0 Å². The number of fused-ring (bicyclic) bond motifs is 28. The van der Waals surface area contributed by atoms with E-state index in [2.05, 4.69) is 335 Å². The number of nitrogens with zero attached hydrogens (tertiary/aromatic N) is 2. The maximum Gasteiger partial charge on any atom is 0.0620 e. The van der Waals surface area contributed by atoms with Crippen LogP contribution >= 0.6 is 0 Å². The van der Waals surface area contributed by atoms with E-state index in [0.29, 0.717) is 0 Å². The highest BCUT2D eigenvalue weighted by molar-refractivity contribution is 6.31. The van der Waals surface area contributed by atoms with E-state index in [4.69, 9.17) is 0 Å². The normalized spacial score (nSPS) is 13.2. The molecule has 0 fully saturated rings. The van der Waals surface area contributed by atoms with Gasteiger partial charge in [-0.2, -0.15) is 0 Å². The molecule has 4 heterocycles. The van der Waals surface area contributed by atoms with Gasteiger partial charge in [-0.15, -0.1) is 0 Å². The fraction of sp³-hybridized carbons (Fsp3) is 0.170. The average molecular weight is 1230 g/mol. The molecule has 0 unspecified atom stereocenters. The third kappa shape index (κ3) is 8.18. The number of rotatable bonds is 2. The van der Waals surface area contributed by atoms with E-state index in [-0.39, 0.29) is 21.7 Å². The largest absolute Gasteiger partial charge is 0.308 e. The first-order valence-corrected chi connectivity index (χ1v) is 34.5. The summed E-state index contributed by atoms with van der Waals surface area (Å²) in [6.07, 6.45) is 0. The van der Waals surface area contributed by atoms with Gasteiger partial charge in [-0.1, -0.05) is 265 Å². The van der Waals surface area contributed by atoms with Gasteiger partial charge in [-0.05, 0) is 216 Å². The van der Waals surface area contributed by atoms with Crippen molar-refractivity contribution in [3.8, 4) is 111 Å². The smallest absolute Gasteiger partial charge is 0.0620 e. The van der Waals surface area contributed by atoms with Crippen molar-refractivity contribution in [1.29, 1.82) is 0 Å². The van der Waals surface area contributed by atoms with Crippen LogP contribution in [0.4, 0.5) is 0 Å². The number of aromatic nitrogens is 2. The molecule has 19 rings (SSSR count). The number of hydrogen-bond donors (Lipinski definition) is 0. The van der Waals surface area contributed by atoms with E-state index in [1.165, 1.54) is 210 Å². The van der Waals surface area contributed by atoms with Crippen LogP contribution in [0.25, 0.3) is 187 Å². The molecule has 0 N–H and O–H groups in total. The van der Waals surface area contributed by atoms with Crippen molar-refractivity contribution < 1.29 is 0 Å². The van der Waals surface area contributed by atoms with E-state index in [0.717, 1.165) is 0 Å². The lowest BCUT2D eigenvalue weighted by Gasteiger charge is -2.26. The second-order valence-corrected chi connectivity index (χ2v) is 32.1. The summed E-state index contributed by atoms with van der Waals surface area (Å²) < 4.78 is 5.33. The lowest BCUT2D eigenvalue weighted by molar-refractivity contribution is 0.568. The summed E-state index contributed by atoms with van der Waals surface area (Å²) in [5.74, 6) is 0. The highest BCUT2D eigenvalue weighted by Gasteiger charge is 2.32. The van der Waals surface area contributed by atoms with Crippen molar-refractivity contribution in [3.05, 3.63) is 265 Å². The monoisotopic (exact) mass is 1230 g/mol. The van der Waals surface area contributed by atoms with E-state index in [1.807, 2.05) is 0 Å². The van der Waals surface area contributed by atoms with Gasteiger partial charge < -0.3 is 8.80 Å². The molecule has 2 aliphatic carbocycles. The van der Waals surface area contributed by atoms with Crippen molar-refractivity contribution in [3.63, 3.8) is 0 Å². The first-order valence-electron chi connectivity index (χ1n) is 34.5. The third-order valence-corrected chi connectivity index (χ3v) is 22.1. The third-order valence-electron chi connectivity index (χ3n) is 22.1. The van der Waals surface area contributed by atoms with E-state index in [1.54, 1.807) is 0 Å². The van der Waals surface area contributed by atoms with Crippen LogP contribution in [0.3, 0.4) is 0 Å². The first-order chi connectivity index (χ1) is 46.1. The molecule has 0 atom stereocenters. The molecule has 0 saturated carbocycles. The summed E-state index contributed by atoms with van der Waals surface area (Å²) in [4.78, 5) is 0. The van der Waals surface area contributed by atoms with Crippen molar-refractivity contribution in [2.24, 2.45) is 0 Å². The summed E-state index contributed by atoms with van der Waals surface area (Å²) in [7, 11) is 0. The Bertz CT molecular complexity index is 5770. The Morgan fingerprint density at radius 2 is 0.365 bits per heavy atom. The lowest BCUT2D eigenvalue weighted by Crippen LogP contribution is -2.16. The van der Waals surface area contributed by atoms with Crippen LogP contribution in [0.5, 0.6) is 0 Å². The molecule has 2 heteroatoms. The van der Waals surface area contributed by atoms with Crippen molar-refractivity contribution in [2.75, 3.05) is 0 Å². The summed E-state index contributed by atoms with van der Waals surface area (Å²) in [6, 6.07) is 95.0. The van der Waals surface area contributed by atoms with E-state index < -0.39 is 0 Å². The minimum absolute atomic E-state index is 0.0593. The molecule has 0 saturated heterocycles. The van der Waals surface area contributed by atoms with Crippen LogP contribution in [0.2, 0.25) is 0 Å². The SMILES string of the molecule is CC(C)(C)c1cc(-c2cc3c4cc5c(cc4n4c6cc7c8cc(-c9cc(C(C)(C)C)cc(C(C)(C)C)c9)cc9c%10cc%11c(cc%10n(c7cc6c(c2)c34)c98)-c2ccccc2-c2ccccc2-c2ccccc2-%11)-c2ccccc2-c2ccccc2-c2ccccc2-5)cc(C(C)(C)C)c1. The highest BCUT2D eigenvalue weighted by atomic mass is 14.9. The molecule has 13 aromatic carbocycles. The van der Waals surface area contributed by atoms with Crippen LogP contribution in [0.1, 0.15) is 105 Å². The molecule has 4 aromatic heterocycles. The number of hydrogen-bond acceptors (Lipinski definition) is 0.